The number of aliphatic carboxylic acids is 1. The molecule has 0 fully saturated rings. The Kier molecular flexibility index (Phi) is 4.54. The molecule has 0 aromatic heterocycles. The molecule has 0 saturated carbocycles. The van der Waals surface area contributed by atoms with Gasteiger partial charge in [-0.1, -0.05) is 22.0 Å². The molecule has 0 amide bonds. The number of aliphatic hydroxyl groups is 1. The Morgan fingerprint density at radius 3 is 2.71 bits per heavy atom. The number of carboxylic acids is 1. The molecule has 1 rings (SSSR count). The van der Waals surface area contributed by atoms with Crippen molar-refractivity contribution in [1.82, 2.24) is 0 Å². The molecule has 5 heteroatoms. The first-order chi connectivity index (χ1) is 7.80. The number of rotatable bonds is 5. The number of nitrogens with one attached hydrogen (secondary N) is 1. The molecule has 0 saturated heterocycles. The Labute approximate surface area is 109 Å². The van der Waals surface area contributed by atoms with Gasteiger partial charge in [-0.3, -0.25) is 4.79 Å². The largest absolute Gasteiger partial charge is 0.481 e. The van der Waals surface area contributed by atoms with E-state index in [4.69, 9.17) is 5.11 Å². The third-order valence-corrected chi connectivity index (χ3v) is 3.23. The van der Waals surface area contributed by atoms with Crippen LogP contribution in [0.25, 0.3) is 0 Å². The van der Waals surface area contributed by atoms with Crippen molar-refractivity contribution < 1.29 is 15.0 Å². The van der Waals surface area contributed by atoms with Gasteiger partial charge >= 0.3 is 5.97 Å². The van der Waals surface area contributed by atoms with E-state index in [1.54, 1.807) is 0 Å². The summed E-state index contributed by atoms with van der Waals surface area (Å²) in [4.78, 5) is 10.5. The lowest BCUT2D eigenvalue weighted by Crippen LogP contribution is -2.35. The van der Waals surface area contributed by atoms with E-state index in [1.807, 2.05) is 25.1 Å². The van der Waals surface area contributed by atoms with Gasteiger partial charge in [0.15, 0.2) is 0 Å². The first-order valence-electron chi connectivity index (χ1n) is 5.24. The van der Waals surface area contributed by atoms with Crippen LogP contribution < -0.4 is 5.32 Å². The molecule has 0 aliphatic carbocycles. The first-order valence-corrected chi connectivity index (χ1v) is 6.04. The zero-order valence-corrected chi connectivity index (χ0v) is 11.4. The van der Waals surface area contributed by atoms with Crippen LogP contribution in [0.15, 0.2) is 22.7 Å². The Hall–Kier alpha value is -1.07. The maximum atomic E-state index is 10.5. The molecule has 0 heterocycles. The van der Waals surface area contributed by atoms with Crippen LogP contribution in [0.3, 0.4) is 0 Å². The van der Waals surface area contributed by atoms with Gasteiger partial charge in [0.2, 0.25) is 0 Å². The van der Waals surface area contributed by atoms with Gasteiger partial charge in [-0.25, -0.2) is 0 Å². The standard InChI is InChI=1S/C12H16BrNO3/c1-8-3-4-9(5-10(8)13)14-7-12(2,17)6-11(15)16/h3-5,14,17H,6-7H2,1-2H3,(H,15,16). The molecule has 17 heavy (non-hydrogen) atoms. The van der Waals surface area contributed by atoms with Crippen LogP contribution in [0, 0.1) is 6.92 Å². The van der Waals surface area contributed by atoms with E-state index in [2.05, 4.69) is 21.2 Å². The summed E-state index contributed by atoms with van der Waals surface area (Å²) < 4.78 is 0.973. The summed E-state index contributed by atoms with van der Waals surface area (Å²) in [7, 11) is 0. The molecule has 1 aromatic rings. The molecule has 3 N–H and O–H groups in total. The number of hydrogen-bond donors (Lipinski definition) is 3. The molecule has 0 radical (unpaired) electrons. The summed E-state index contributed by atoms with van der Waals surface area (Å²) in [6.45, 7) is 3.67. The van der Waals surface area contributed by atoms with Gasteiger partial charge in [-0.15, -0.1) is 0 Å². The van der Waals surface area contributed by atoms with Gasteiger partial charge in [0, 0.05) is 16.7 Å². The Morgan fingerprint density at radius 1 is 1.53 bits per heavy atom. The van der Waals surface area contributed by atoms with Gasteiger partial charge in [-0.05, 0) is 31.5 Å². The van der Waals surface area contributed by atoms with Gasteiger partial charge in [-0.2, -0.15) is 0 Å². The Balaban J connectivity index is 2.60. The predicted octanol–water partition coefficient (Wildman–Crippen LogP) is 2.40. The van der Waals surface area contributed by atoms with Crippen molar-refractivity contribution in [2.24, 2.45) is 0 Å². The van der Waals surface area contributed by atoms with Gasteiger partial charge in [0.1, 0.15) is 0 Å². The van der Waals surface area contributed by atoms with Crippen LogP contribution in [0.4, 0.5) is 5.69 Å². The smallest absolute Gasteiger partial charge is 0.306 e. The summed E-state index contributed by atoms with van der Waals surface area (Å²) in [5.41, 5.74) is 0.699. The second-order valence-corrected chi connectivity index (χ2v) is 5.24. The third-order valence-electron chi connectivity index (χ3n) is 2.38. The van der Waals surface area contributed by atoms with Crippen LogP contribution in [-0.4, -0.2) is 28.3 Å². The fourth-order valence-electron chi connectivity index (χ4n) is 1.38. The number of carbonyl (C=O) groups is 1. The fraction of sp³-hybridized carbons (Fsp3) is 0.417. The van der Waals surface area contributed by atoms with Crippen LogP contribution in [0.5, 0.6) is 0 Å². The molecule has 0 aliphatic rings. The highest BCUT2D eigenvalue weighted by atomic mass is 79.9. The third kappa shape index (κ3) is 4.75. The molecule has 4 nitrogen and oxygen atoms in total. The van der Waals surface area contributed by atoms with E-state index < -0.39 is 11.6 Å². The van der Waals surface area contributed by atoms with Crippen LogP contribution in [0.2, 0.25) is 0 Å². The Bertz CT molecular complexity index is 418. The molecule has 0 aliphatic heterocycles. The molecular formula is C12H16BrNO3. The van der Waals surface area contributed by atoms with E-state index in [9.17, 15) is 9.90 Å². The lowest BCUT2D eigenvalue weighted by molar-refractivity contribution is -0.141. The average molecular weight is 302 g/mol. The molecule has 1 atom stereocenters. The highest BCUT2D eigenvalue weighted by Gasteiger charge is 2.23. The van der Waals surface area contributed by atoms with Crippen LogP contribution >= 0.6 is 15.9 Å². The Morgan fingerprint density at radius 2 is 2.18 bits per heavy atom. The van der Waals surface area contributed by atoms with Crippen molar-refractivity contribution in [1.29, 1.82) is 0 Å². The summed E-state index contributed by atoms with van der Waals surface area (Å²) in [6.07, 6.45) is -0.285. The lowest BCUT2D eigenvalue weighted by Gasteiger charge is -2.22. The summed E-state index contributed by atoms with van der Waals surface area (Å²) in [6, 6.07) is 5.72. The van der Waals surface area contributed by atoms with Crippen molar-refractivity contribution in [3.63, 3.8) is 0 Å². The van der Waals surface area contributed by atoms with Crippen molar-refractivity contribution in [2.75, 3.05) is 11.9 Å². The van der Waals surface area contributed by atoms with E-state index in [-0.39, 0.29) is 13.0 Å². The maximum absolute atomic E-state index is 10.5. The summed E-state index contributed by atoms with van der Waals surface area (Å²) in [5.74, 6) is -1.01. The quantitative estimate of drug-likeness (QED) is 0.781. The minimum absolute atomic E-state index is 0.189. The molecule has 94 valence electrons. The molecular weight excluding hydrogens is 286 g/mol. The second kappa shape index (κ2) is 5.51. The van der Waals surface area contributed by atoms with Crippen molar-refractivity contribution in [3.05, 3.63) is 28.2 Å². The normalized spacial score (nSPS) is 14.1. The summed E-state index contributed by atoms with van der Waals surface area (Å²) >= 11 is 3.41. The molecule has 1 aromatic carbocycles. The van der Waals surface area contributed by atoms with E-state index >= 15 is 0 Å². The van der Waals surface area contributed by atoms with Crippen molar-refractivity contribution in [3.8, 4) is 0 Å². The predicted molar refractivity (Wildman–Crippen MR) is 70.2 cm³/mol. The number of carboxylic acid groups (broad SMARTS) is 1. The van der Waals surface area contributed by atoms with Crippen molar-refractivity contribution in [2.45, 2.75) is 25.9 Å². The number of benzene rings is 1. The number of hydrogen-bond acceptors (Lipinski definition) is 3. The molecule has 0 spiro atoms. The van der Waals surface area contributed by atoms with E-state index in [0.29, 0.717) is 0 Å². The first kappa shape index (κ1) is 14.0. The topological polar surface area (TPSA) is 69.6 Å². The number of anilines is 1. The summed E-state index contributed by atoms with van der Waals surface area (Å²) in [5, 5.41) is 21.5. The van der Waals surface area contributed by atoms with Gasteiger partial charge in [0.05, 0.1) is 12.0 Å². The minimum Gasteiger partial charge on any atom is -0.481 e. The monoisotopic (exact) mass is 301 g/mol. The molecule has 1 unspecified atom stereocenters. The van der Waals surface area contributed by atoms with E-state index in [1.165, 1.54) is 6.92 Å². The van der Waals surface area contributed by atoms with Crippen LogP contribution in [-0.2, 0) is 4.79 Å². The van der Waals surface area contributed by atoms with Crippen molar-refractivity contribution >= 4 is 27.6 Å². The maximum Gasteiger partial charge on any atom is 0.306 e. The minimum atomic E-state index is -1.26. The lowest BCUT2D eigenvalue weighted by atomic mass is 10.0. The second-order valence-electron chi connectivity index (χ2n) is 4.38. The molecule has 0 bridgehead atoms. The SMILES string of the molecule is Cc1ccc(NCC(C)(O)CC(=O)O)cc1Br. The zero-order valence-electron chi connectivity index (χ0n) is 9.83. The average Bonchev–Trinajstić information content (AvgIpc) is 2.18. The van der Waals surface area contributed by atoms with Gasteiger partial charge in [0.25, 0.3) is 0 Å². The number of halogens is 1. The highest BCUT2D eigenvalue weighted by Crippen LogP contribution is 2.21. The van der Waals surface area contributed by atoms with E-state index in [0.717, 1.165) is 15.7 Å². The number of aryl methyl sites for hydroxylation is 1. The van der Waals surface area contributed by atoms with Gasteiger partial charge < -0.3 is 15.5 Å². The van der Waals surface area contributed by atoms with Crippen LogP contribution in [0.1, 0.15) is 18.9 Å². The zero-order chi connectivity index (χ0) is 13.1. The highest BCUT2D eigenvalue weighted by molar-refractivity contribution is 9.10. The fourth-order valence-corrected chi connectivity index (χ4v) is 1.76.